The van der Waals surface area contributed by atoms with Crippen molar-refractivity contribution < 1.29 is 0 Å². The molecule has 0 saturated heterocycles. The molecule has 0 fully saturated rings. The molecule has 14 heavy (non-hydrogen) atoms. The van der Waals surface area contributed by atoms with E-state index in [9.17, 15) is 0 Å². The highest BCUT2D eigenvalue weighted by molar-refractivity contribution is 7.99. The number of allylic oxidation sites excluding steroid dienone is 1. The topological polar surface area (TPSA) is 26.0 Å². The Kier molecular flexibility index (Phi) is 4.08. The van der Waals surface area contributed by atoms with E-state index in [0.717, 1.165) is 11.4 Å². The van der Waals surface area contributed by atoms with Crippen molar-refractivity contribution in [1.29, 1.82) is 0 Å². The van der Waals surface area contributed by atoms with Crippen molar-refractivity contribution in [1.82, 2.24) is 0 Å². The van der Waals surface area contributed by atoms with E-state index >= 15 is 0 Å². The van der Waals surface area contributed by atoms with Gasteiger partial charge in [-0.25, -0.2) is 0 Å². The number of hydrogen-bond donors (Lipinski definition) is 1. The third-order valence-electron chi connectivity index (χ3n) is 1.90. The molecule has 2 N–H and O–H groups in total. The Bertz CT molecular complexity index is 338. The van der Waals surface area contributed by atoms with E-state index in [2.05, 4.69) is 32.9 Å². The minimum Gasteiger partial charge on any atom is -0.398 e. The Morgan fingerprint density at radius 2 is 2.14 bits per heavy atom. The minimum absolute atomic E-state index is 0.878. The van der Waals surface area contributed by atoms with Crippen molar-refractivity contribution in [2.45, 2.75) is 25.7 Å². The van der Waals surface area contributed by atoms with E-state index in [-0.39, 0.29) is 0 Å². The van der Waals surface area contributed by atoms with Gasteiger partial charge < -0.3 is 5.73 Å². The van der Waals surface area contributed by atoms with Gasteiger partial charge in [0.2, 0.25) is 0 Å². The SMILES string of the molecule is CC(C)=CCSc1cc(C)ccc1N. The normalized spacial score (nSPS) is 9.93. The lowest BCUT2D eigenvalue weighted by Crippen LogP contribution is -1.89. The summed E-state index contributed by atoms with van der Waals surface area (Å²) in [4.78, 5) is 1.18. The van der Waals surface area contributed by atoms with Gasteiger partial charge in [0.15, 0.2) is 0 Å². The highest BCUT2D eigenvalue weighted by atomic mass is 32.2. The zero-order valence-corrected chi connectivity index (χ0v) is 9.82. The molecule has 0 radical (unpaired) electrons. The highest BCUT2D eigenvalue weighted by Gasteiger charge is 1.98. The molecule has 0 amide bonds. The lowest BCUT2D eigenvalue weighted by atomic mass is 10.2. The van der Waals surface area contributed by atoms with Crippen molar-refractivity contribution in [2.24, 2.45) is 0 Å². The van der Waals surface area contributed by atoms with Crippen molar-refractivity contribution in [2.75, 3.05) is 11.5 Å². The van der Waals surface area contributed by atoms with Gasteiger partial charge in [-0.15, -0.1) is 11.8 Å². The average molecular weight is 207 g/mol. The van der Waals surface area contributed by atoms with Crippen molar-refractivity contribution in [3.05, 3.63) is 35.4 Å². The minimum atomic E-state index is 0.878. The molecule has 0 aromatic heterocycles. The number of nitrogens with two attached hydrogens (primary N) is 1. The number of aryl methyl sites for hydroxylation is 1. The van der Waals surface area contributed by atoms with Gasteiger partial charge in [-0.3, -0.25) is 0 Å². The zero-order valence-electron chi connectivity index (χ0n) is 9.00. The second-order valence-electron chi connectivity index (χ2n) is 3.63. The van der Waals surface area contributed by atoms with Crippen molar-refractivity contribution >= 4 is 17.4 Å². The van der Waals surface area contributed by atoms with Crippen molar-refractivity contribution in [3.8, 4) is 0 Å². The third-order valence-corrected chi connectivity index (χ3v) is 2.90. The number of anilines is 1. The van der Waals surface area contributed by atoms with E-state index in [4.69, 9.17) is 5.73 Å². The summed E-state index contributed by atoms with van der Waals surface area (Å²) in [6.45, 7) is 6.31. The summed E-state index contributed by atoms with van der Waals surface area (Å²) in [5.74, 6) is 0.996. The molecule has 1 nitrogen and oxygen atoms in total. The first kappa shape index (κ1) is 11.2. The standard InChI is InChI=1S/C12H17NS/c1-9(2)6-7-14-12-8-10(3)4-5-11(12)13/h4-6,8H,7,13H2,1-3H3. The second kappa shape index (κ2) is 5.11. The number of nitrogen functional groups attached to an aromatic ring is 1. The molecule has 0 unspecified atom stereocenters. The molecule has 1 aromatic rings. The largest absolute Gasteiger partial charge is 0.398 e. The molecule has 0 atom stereocenters. The molecule has 0 aliphatic heterocycles. The maximum absolute atomic E-state index is 5.86. The molecular weight excluding hydrogens is 190 g/mol. The van der Waals surface area contributed by atoms with E-state index in [0.29, 0.717) is 0 Å². The molecular formula is C12H17NS. The van der Waals surface area contributed by atoms with Crippen LogP contribution in [-0.4, -0.2) is 5.75 Å². The predicted octanol–water partition coefficient (Wildman–Crippen LogP) is 3.64. The first-order valence-electron chi connectivity index (χ1n) is 4.72. The summed E-state index contributed by atoms with van der Waals surface area (Å²) in [7, 11) is 0. The second-order valence-corrected chi connectivity index (χ2v) is 4.70. The Labute approximate surface area is 90.4 Å². The summed E-state index contributed by atoms with van der Waals surface area (Å²) in [5.41, 5.74) is 9.36. The number of thioether (sulfide) groups is 1. The maximum atomic E-state index is 5.86. The molecule has 0 bridgehead atoms. The number of hydrogen-bond acceptors (Lipinski definition) is 2. The van der Waals surface area contributed by atoms with Gasteiger partial charge >= 0.3 is 0 Å². The van der Waals surface area contributed by atoms with Gasteiger partial charge in [-0.1, -0.05) is 17.7 Å². The van der Waals surface area contributed by atoms with Crippen LogP contribution in [0.1, 0.15) is 19.4 Å². The van der Waals surface area contributed by atoms with Crippen LogP contribution in [0.5, 0.6) is 0 Å². The summed E-state index contributed by atoms with van der Waals surface area (Å²) >= 11 is 1.79. The fraction of sp³-hybridized carbons (Fsp3) is 0.333. The lowest BCUT2D eigenvalue weighted by molar-refractivity contribution is 1.35. The van der Waals surface area contributed by atoms with Crippen LogP contribution in [0.2, 0.25) is 0 Å². The van der Waals surface area contributed by atoms with Crippen LogP contribution in [-0.2, 0) is 0 Å². The first-order valence-corrected chi connectivity index (χ1v) is 5.70. The Hall–Kier alpha value is -0.890. The smallest absolute Gasteiger partial charge is 0.0452 e. The van der Waals surface area contributed by atoms with Crippen LogP contribution in [0.4, 0.5) is 5.69 Å². The number of rotatable bonds is 3. The van der Waals surface area contributed by atoms with E-state index < -0.39 is 0 Å². The van der Waals surface area contributed by atoms with E-state index in [1.54, 1.807) is 11.8 Å². The van der Waals surface area contributed by atoms with Gasteiger partial charge in [0, 0.05) is 16.3 Å². The molecule has 0 heterocycles. The number of benzene rings is 1. The van der Waals surface area contributed by atoms with Crippen LogP contribution in [0.15, 0.2) is 34.7 Å². The van der Waals surface area contributed by atoms with Gasteiger partial charge in [0.05, 0.1) is 0 Å². The first-order chi connectivity index (χ1) is 6.59. The Morgan fingerprint density at radius 3 is 2.79 bits per heavy atom. The van der Waals surface area contributed by atoms with Gasteiger partial charge in [0.25, 0.3) is 0 Å². The quantitative estimate of drug-likeness (QED) is 0.465. The molecule has 0 spiro atoms. The molecule has 0 aliphatic carbocycles. The van der Waals surface area contributed by atoms with E-state index in [1.165, 1.54) is 16.0 Å². The lowest BCUT2D eigenvalue weighted by Gasteiger charge is -2.04. The molecule has 0 saturated carbocycles. The van der Waals surface area contributed by atoms with E-state index in [1.807, 2.05) is 12.1 Å². The Morgan fingerprint density at radius 1 is 1.43 bits per heavy atom. The summed E-state index contributed by atoms with van der Waals surface area (Å²) in [5, 5.41) is 0. The fourth-order valence-electron chi connectivity index (χ4n) is 1.06. The molecule has 1 rings (SSSR count). The zero-order chi connectivity index (χ0) is 10.6. The monoisotopic (exact) mass is 207 g/mol. The fourth-order valence-corrected chi connectivity index (χ4v) is 2.16. The molecule has 76 valence electrons. The predicted molar refractivity (Wildman–Crippen MR) is 65.7 cm³/mol. The van der Waals surface area contributed by atoms with Crippen molar-refractivity contribution in [3.63, 3.8) is 0 Å². The summed E-state index contributed by atoms with van der Waals surface area (Å²) < 4.78 is 0. The van der Waals surface area contributed by atoms with Crippen LogP contribution < -0.4 is 5.73 Å². The molecule has 2 heteroatoms. The van der Waals surface area contributed by atoms with Gasteiger partial charge in [-0.2, -0.15) is 0 Å². The highest BCUT2D eigenvalue weighted by Crippen LogP contribution is 2.26. The molecule has 1 aromatic carbocycles. The average Bonchev–Trinajstić information content (AvgIpc) is 2.10. The van der Waals surface area contributed by atoms with Crippen LogP contribution in [0.3, 0.4) is 0 Å². The van der Waals surface area contributed by atoms with Gasteiger partial charge in [0.1, 0.15) is 0 Å². The van der Waals surface area contributed by atoms with Gasteiger partial charge in [-0.05, 0) is 38.5 Å². The Balaban J connectivity index is 2.67. The summed E-state index contributed by atoms with van der Waals surface area (Å²) in [6.07, 6.45) is 2.21. The maximum Gasteiger partial charge on any atom is 0.0452 e. The molecule has 0 aliphatic rings. The van der Waals surface area contributed by atoms with Crippen LogP contribution in [0.25, 0.3) is 0 Å². The van der Waals surface area contributed by atoms with Crippen LogP contribution in [0, 0.1) is 6.92 Å². The summed E-state index contributed by atoms with van der Waals surface area (Å²) in [6, 6.07) is 6.15. The van der Waals surface area contributed by atoms with Crippen LogP contribution >= 0.6 is 11.8 Å². The third kappa shape index (κ3) is 3.46.